The third-order valence-corrected chi connectivity index (χ3v) is 3.70. The number of hydrogen-bond donors (Lipinski definition) is 1. The Hall–Kier alpha value is -1.86. The van der Waals surface area contributed by atoms with Crippen molar-refractivity contribution in [3.63, 3.8) is 0 Å². The quantitative estimate of drug-likeness (QED) is 0.791. The SMILES string of the molecule is CC1CCN(C(=O)c2cncc(C#CCO)c2)C(C)C1. The molecule has 4 nitrogen and oxygen atoms in total. The van der Waals surface area contributed by atoms with E-state index in [4.69, 9.17) is 5.11 Å². The molecular formula is C16H20N2O2. The van der Waals surface area contributed by atoms with Gasteiger partial charge in [-0.2, -0.15) is 0 Å². The lowest BCUT2D eigenvalue weighted by Gasteiger charge is -2.36. The summed E-state index contributed by atoms with van der Waals surface area (Å²) in [6.45, 7) is 4.92. The van der Waals surface area contributed by atoms with Gasteiger partial charge >= 0.3 is 0 Å². The second-order valence-electron chi connectivity index (χ2n) is 5.40. The van der Waals surface area contributed by atoms with Crippen LogP contribution in [0.2, 0.25) is 0 Å². The number of piperidine rings is 1. The van der Waals surface area contributed by atoms with Crippen LogP contribution in [0, 0.1) is 17.8 Å². The van der Waals surface area contributed by atoms with Gasteiger partial charge < -0.3 is 10.0 Å². The maximum Gasteiger partial charge on any atom is 0.255 e. The number of amides is 1. The molecular weight excluding hydrogens is 252 g/mol. The van der Waals surface area contributed by atoms with E-state index >= 15 is 0 Å². The van der Waals surface area contributed by atoms with Crippen LogP contribution in [-0.4, -0.2) is 40.1 Å². The van der Waals surface area contributed by atoms with Gasteiger partial charge in [0.2, 0.25) is 0 Å². The Balaban J connectivity index is 2.16. The average molecular weight is 272 g/mol. The van der Waals surface area contributed by atoms with Crippen LogP contribution in [0.5, 0.6) is 0 Å². The van der Waals surface area contributed by atoms with Crippen LogP contribution in [0.25, 0.3) is 0 Å². The van der Waals surface area contributed by atoms with Crippen LogP contribution in [0.1, 0.15) is 42.6 Å². The van der Waals surface area contributed by atoms with Crippen LogP contribution in [0.15, 0.2) is 18.5 Å². The molecule has 1 amide bonds. The van der Waals surface area contributed by atoms with Gasteiger partial charge in [0.1, 0.15) is 6.61 Å². The van der Waals surface area contributed by atoms with Crippen molar-refractivity contribution < 1.29 is 9.90 Å². The third kappa shape index (κ3) is 3.37. The number of aliphatic hydroxyl groups is 1. The molecule has 2 atom stereocenters. The van der Waals surface area contributed by atoms with Gasteiger partial charge in [-0.25, -0.2) is 0 Å². The van der Waals surface area contributed by atoms with Crippen LogP contribution < -0.4 is 0 Å². The fourth-order valence-corrected chi connectivity index (χ4v) is 2.64. The molecule has 1 aromatic heterocycles. The lowest BCUT2D eigenvalue weighted by atomic mass is 9.93. The highest BCUT2D eigenvalue weighted by atomic mass is 16.2. The van der Waals surface area contributed by atoms with Crippen LogP contribution in [0.4, 0.5) is 0 Å². The van der Waals surface area contributed by atoms with Crippen molar-refractivity contribution >= 4 is 5.91 Å². The number of hydrogen-bond acceptors (Lipinski definition) is 3. The van der Waals surface area contributed by atoms with E-state index in [0.29, 0.717) is 17.0 Å². The first-order chi connectivity index (χ1) is 9.61. The summed E-state index contributed by atoms with van der Waals surface area (Å²) in [5.41, 5.74) is 1.22. The summed E-state index contributed by atoms with van der Waals surface area (Å²) in [6, 6.07) is 2.00. The maximum absolute atomic E-state index is 12.5. The summed E-state index contributed by atoms with van der Waals surface area (Å²) >= 11 is 0. The number of aromatic nitrogens is 1. The number of nitrogens with zero attached hydrogens (tertiary/aromatic N) is 2. The molecule has 0 aliphatic carbocycles. The van der Waals surface area contributed by atoms with Gasteiger partial charge in [-0.05, 0) is 31.7 Å². The molecule has 0 radical (unpaired) electrons. The molecule has 1 N–H and O–H groups in total. The molecule has 1 fully saturated rings. The van der Waals surface area contributed by atoms with Gasteiger partial charge in [0, 0.05) is 30.5 Å². The van der Waals surface area contributed by atoms with Crippen molar-refractivity contribution in [3.05, 3.63) is 29.6 Å². The van der Waals surface area contributed by atoms with E-state index in [1.165, 1.54) is 0 Å². The van der Waals surface area contributed by atoms with E-state index in [-0.39, 0.29) is 18.6 Å². The Labute approximate surface area is 119 Å². The lowest BCUT2D eigenvalue weighted by molar-refractivity contribution is 0.0588. The highest BCUT2D eigenvalue weighted by Gasteiger charge is 2.27. The zero-order chi connectivity index (χ0) is 14.5. The van der Waals surface area contributed by atoms with Gasteiger partial charge in [0.15, 0.2) is 0 Å². The average Bonchev–Trinajstić information content (AvgIpc) is 2.45. The summed E-state index contributed by atoms with van der Waals surface area (Å²) < 4.78 is 0. The van der Waals surface area contributed by atoms with Gasteiger partial charge in [0.25, 0.3) is 5.91 Å². The van der Waals surface area contributed by atoms with Crippen molar-refractivity contribution in [2.75, 3.05) is 13.2 Å². The second kappa shape index (κ2) is 6.53. The van der Waals surface area contributed by atoms with Gasteiger partial charge in [-0.3, -0.25) is 9.78 Å². The Morgan fingerprint density at radius 3 is 3.00 bits per heavy atom. The van der Waals surface area contributed by atoms with Crippen LogP contribution in [-0.2, 0) is 0 Å². The molecule has 1 aromatic rings. The van der Waals surface area contributed by atoms with E-state index < -0.39 is 0 Å². The van der Waals surface area contributed by atoms with Crippen molar-refractivity contribution in [2.24, 2.45) is 5.92 Å². The van der Waals surface area contributed by atoms with E-state index in [1.807, 2.05) is 4.90 Å². The van der Waals surface area contributed by atoms with E-state index in [0.717, 1.165) is 19.4 Å². The molecule has 2 heterocycles. The molecule has 2 unspecified atom stereocenters. The molecule has 1 saturated heterocycles. The molecule has 0 aromatic carbocycles. The van der Waals surface area contributed by atoms with Crippen molar-refractivity contribution in [1.29, 1.82) is 0 Å². The Morgan fingerprint density at radius 2 is 2.30 bits per heavy atom. The fourth-order valence-electron chi connectivity index (χ4n) is 2.64. The number of carbonyl (C=O) groups excluding carboxylic acids is 1. The number of pyridine rings is 1. The van der Waals surface area contributed by atoms with E-state index in [9.17, 15) is 4.79 Å². The summed E-state index contributed by atoms with van der Waals surface area (Å²) in [5.74, 6) is 6.04. The zero-order valence-corrected chi connectivity index (χ0v) is 12.0. The lowest BCUT2D eigenvalue weighted by Crippen LogP contribution is -2.44. The molecule has 1 aliphatic rings. The maximum atomic E-state index is 12.5. The topological polar surface area (TPSA) is 53.4 Å². The van der Waals surface area contributed by atoms with Crippen molar-refractivity contribution in [3.8, 4) is 11.8 Å². The predicted molar refractivity (Wildman–Crippen MR) is 77.1 cm³/mol. The highest BCUT2D eigenvalue weighted by molar-refractivity contribution is 5.94. The van der Waals surface area contributed by atoms with Gasteiger partial charge in [-0.1, -0.05) is 18.8 Å². The minimum Gasteiger partial charge on any atom is -0.384 e. The summed E-state index contributed by atoms with van der Waals surface area (Å²) in [7, 11) is 0. The third-order valence-electron chi connectivity index (χ3n) is 3.70. The molecule has 20 heavy (non-hydrogen) atoms. The van der Waals surface area contributed by atoms with E-state index in [2.05, 4.69) is 30.7 Å². The standard InChI is InChI=1S/C16H20N2O2/c1-12-5-6-18(13(2)8-12)16(20)15-9-14(4-3-7-19)10-17-11-15/h9-13,19H,5-8H2,1-2H3. The van der Waals surface area contributed by atoms with Gasteiger partial charge in [0.05, 0.1) is 5.56 Å². The summed E-state index contributed by atoms with van der Waals surface area (Å²) in [4.78, 5) is 18.5. The van der Waals surface area contributed by atoms with Crippen molar-refractivity contribution in [2.45, 2.75) is 32.7 Å². The van der Waals surface area contributed by atoms with Crippen LogP contribution >= 0.6 is 0 Å². The zero-order valence-electron chi connectivity index (χ0n) is 12.0. The summed E-state index contributed by atoms with van der Waals surface area (Å²) in [6.07, 6.45) is 5.27. The summed E-state index contributed by atoms with van der Waals surface area (Å²) in [5, 5.41) is 8.70. The Bertz CT molecular complexity index is 545. The number of rotatable bonds is 1. The number of carbonyl (C=O) groups is 1. The Morgan fingerprint density at radius 1 is 1.50 bits per heavy atom. The normalized spacial score (nSPS) is 22.1. The Kier molecular flexibility index (Phi) is 4.75. The first-order valence-corrected chi connectivity index (χ1v) is 6.97. The van der Waals surface area contributed by atoms with Crippen LogP contribution in [0.3, 0.4) is 0 Å². The molecule has 106 valence electrons. The molecule has 4 heteroatoms. The van der Waals surface area contributed by atoms with Crippen molar-refractivity contribution in [1.82, 2.24) is 9.88 Å². The van der Waals surface area contributed by atoms with Gasteiger partial charge in [-0.15, -0.1) is 0 Å². The molecule has 0 bridgehead atoms. The number of aliphatic hydroxyl groups excluding tert-OH is 1. The molecule has 2 rings (SSSR count). The first-order valence-electron chi connectivity index (χ1n) is 6.97. The molecule has 0 spiro atoms. The minimum absolute atomic E-state index is 0.0181. The molecule has 1 aliphatic heterocycles. The fraction of sp³-hybridized carbons (Fsp3) is 0.500. The molecule has 0 saturated carbocycles. The van der Waals surface area contributed by atoms with E-state index in [1.54, 1.807) is 18.5 Å². The monoisotopic (exact) mass is 272 g/mol. The first kappa shape index (κ1) is 14.5. The minimum atomic E-state index is -0.195. The largest absolute Gasteiger partial charge is 0.384 e. The smallest absolute Gasteiger partial charge is 0.255 e. The predicted octanol–water partition coefficient (Wildman–Crippen LogP) is 1.69. The number of likely N-dealkylation sites (tertiary alicyclic amines) is 1. The second-order valence-corrected chi connectivity index (χ2v) is 5.40. The highest BCUT2D eigenvalue weighted by Crippen LogP contribution is 2.23.